The van der Waals surface area contributed by atoms with Crippen LogP contribution >= 0.6 is 11.8 Å². The fourth-order valence-electron chi connectivity index (χ4n) is 1.42. The van der Waals surface area contributed by atoms with Crippen LogP contribution in [0.3, 0.4) is 0 Å². The number of benzene rings is 1. The molecule has 5 heteroatoms. The fraction of sp³-hybridized carbons (Fsp3) is 0.154. The molecule has 0 aliphatic rings. The van der Waals surface area contributed by atoms with Gasteiger partial charge in [0, 0.05) is 6.54 Å². The molecule has 0 aliphatic heterocycles. The summed E-state index contributed by atoms with van der Waals surface area (Å²) in [7, 11) is 0. The summed E-state index contributed by atoms with van der Waals surface area (Å²) in [6.07, 6.45) is 0. The lowest BCUT2D eigenvalue weighted by Gasteiger charge is -2.06. The van der Waals surface area contributed by atoms with Crippen molar-refractivity contribution in [2.75, 3.05) is 11.9 Å². The monoisotopic (exact) mass is 266 g/mol. The van der Waals surface area contributed by atoms with Gasteiger partial charge < -0.3 is 5.32 Å². The highest BCUT2D eigenvalue weighted by Crippen LogP contribution is 2.29. The second kappa shape index (κ2) is 5.82. The molecule has 18 heavy (non-hydrogen) atoms. The van der Waals surface area contributed by atoms with Gasteiger partial charge in [-0.1, -0.05) is 17.8 Å². The van der Waals surface area contributed by atoms with Crippen LogP contribution in [-0.2, 0) is 0 Å². The molecule has 0 unspecified atom stereocenters. The molecular weight excluding hydrogens is 254 g/mol. The molecule has 0 radical (unpaired) electrons. The second-order valence-electron chi connectivity index (χ2n) is 3.57. The Hall–Kier alpha value is -1.62. The maximum atomic E-state index is 13.5. The first-order valence-corrected chi connectivity index (χ1v) is 6.34. The van der Waals surface area contributed by atoms with Crippen LogP contribution in [0.25, 0.3) is 0 Å². The van der Waals surface area contributed by atoms with E-state index in [1.807, 2.05) is 19.1 Å². The summed E-state index contributed by atoms with van der Waals surface area (Å²) in [6, 6.07) is 8.80. The highest BCUT2D eigenvalue weighted by atomic mass is 32.2. The van der Waals surface area contributed by atoms with Gasteiger partial charge >= 0.3 is 0 Å². The van der Waals surface area contributed by atoms with Gasteiger partial charge in [0.2, 0.25) is 0 Å². The Morgan fingerprint density at radius 1 is 1.22 bits per heavy atom. The van der Waals surface area contributed by atoms with Crippen LogP contribution in [0.2, 0.25) is 0 Å². The van der Waals surface area contributed by atoms with Crippen LogP contribution in [0.15, 0.2) is 46.3 Å². The molecule has 2 aromatic rings. The largest absolute Gasteiger partial charge is 0.370 e. The molecule has 2 rings (SSSR count). The fourth-order valence-corrected chi connectivity index (χ4v) is 2.27. The smallest absolute Gasteiger partial charge is 0.137 e. The quantitative estimate of drug-likeness (QED) is 0.907. The van der Waals surface area contributed by atoms with E-state index < -0.39 is 11.6 Å². The van der Waals surface area contributed by atoms with E-state index in [0.717, 1.165) is 36.3 Å². The molecule has 0 fully saturated rings. The van der Waals surface area contributed by atoms with E-state index in [-0.39, 0.29) is 4.90 Å². The van der Waals surface area contributed by atoms with Gasteiger partial charge in [-0.15, -0.1) is 0 Å². The molecule has 1 aromatic heterocycles. The molecule has 1 N–H and O–H groups in total. The van der Waals surface area contributed by atoms with Gasteiger partial charge in [0.1, 0.15) is 22.5 Å². The number of pyridine rings is 1. The average molecular weight is 266 g/mol. The SMILES string of the molecule is CCNc1cccc(Sc2cc(F)ccc2F)n1. The number of nitrogens with zero attached hydrogens (tertiary/aromatic N) is 1. The van der Waals surface area contributed by atoms with Crippen molar-refractivity contribution in [2.24, 2.45) is 0 Å². The Kier molecular flexibility index (Phi) is 4.15. The molecule has 0 saturated heterocycles. The summed E-state index contributed by atoms with van der Waals surface area (Å²) in [6.45, 7) is 2.73. The van der Waals surface area contributed by atoms with Crippen molar-refractivity contribution in [3.8, 4) is 0 Å². The highest BCUT2D eigenvalue weighted by molar-refractivity contribution is 7.99. The van der Waals surface area contributed by atoms with Crippen LogP contribution in [0, 0.1) is 11.6 Å². The van der Waals surface area contributed by atoms with Crippen molar-refractivity contribution in [3.05, 3.63) is 48.0 Å². The van der Waals surface area contributed by atoms with Crippen LogP contribution < -0.4 is 5.32 Å². The van der Waals surface area contributed by atoms with Gasteiger partial charge in [-0.2, -0.15) is 0 Å². The van der Waals surface area contributed by atoms with Gasteiger partial charge in [0.25, 0.3) is 0 Å². The second-order valence-corrected chi connectivity index (χ2v) is 4.63. The minimum Gasteiger partial charge on any atom is -0.370 e. The van der Waals surface area contributed by atoms with E-state index in [4.69, 9.17) is 0 Å². The maximum absolute atomic E-state index is 13.5. The van der Waals surface area contributed by atoms with Crippen LogP contribution in [0.5, 0.6) is 0 Å². The Balaban J connectivity index is 2.22. The van der Waals surface area contributed by atoms with E-state index >= 15 is 0 Å². The minimum atomic E-state index is -0.457. The summed E-state index contributed by atoms with van der Waals surface area (Å²) in [4.78, 5) is 4.52. The van der Waals surface area contributed by atoms with E-state index in [2.05, 4.69) is 10.3 Å². The van der Waals surface area contributed by atoms with Crippen molar-refractivity contribution >= 4 is 17.6 Å². The summed E-state index contributed by atoms with van der Waals surface area (Å²) in [5, 5.41) is 3.69. The van der Waals surface area contributed by atoms with Crippen LogP contribution in [0.1, 0.15) is 6.92 Å². The molecule has 0 saturated carbocycles. The van der Waals surface area contributed by atoms with Crippen molar-refractivity contribution < 1.29 is 8.78 Å². The number of hydrogen-bond acceptors (Lipinski definition) is 3. The zero-order valence-corrected chi connectivity index (χ0v) is 10.6. The molecular formula is C13H12F2N2S. The molecule has 0 atom stereocenters. The number of hydrogen-bond donors (Lipinski definition) is 1. The Bertz CT molecular complexity index is 546. The maximum Gasteiger partial charge on any atom is 0.137 e. The predicted molar refractivity (Wildman–Crippen MR) is 68.9 cm³/mol. The zero-order chi connectivity index (χ0) is 13.0. The van der Waals surface area contributed by atoms with Gasteiger partial charge in [0.15, 0.2) is 0 Å². The standard InChI is InChI=1S/C13H12F2N2S/c1-2-16-12-4-3-5-13(17-12)18-11-8-9(14)6-7-10(11)15/h3-8H,2H2,1H3,(H,16,17). The summed E-state index contributed by atoms with van der Waals surface area (Å²) in [5.41, 5.74) is 0. The first-order chi connectivity index (χ1) is 8.69. The molecule has 1 heterocycles. The lowest BCUT2D eigenvalue weighted by atomic mass is 10.3. The van der Waals surface area contributed by atoms with Crippen molar-refractivity contribution in [1.82, 2.24) is 4.98 Å². The molecule has 1 aromatic carbocycles. The van der Waals surface area contributed by atoms with Crippen molar-refractivity contribution in [1.29, 1.82) is 0 Å². The van der Waals surface area contributed by atoms with Crippen molar-refractivity contribution in [3.63, 3.8) is 0 Å². The highest BCUT2D eigenvalue weighted by Gasteiger charge is 2.07. The number of nitrogens with one attached hydrogen (secondary N) is 1. The van der Waals surface area contributed by atoms with Gasteiger partial charge in [-0.25, -0.2) is 13.8 Å². The van der Waals surface area contributed by atoms with E-state index in [0.29, 0.717) is 5.03 Å². The number of aromatic nitrogens is 1. The van der Waals surface area contributed by atoms with E-state index in [9.17, 15) is 8.78 Å². The normalized spacial score (nSPS) is 10.4. The summed E-state index contributed by atoms with van der Waals surface area (Å²) < 4.78 is 26.5. The Morgan fingerprint density at radius 3 is 2.83 bits per heavy atom. The molecule has 0 aliphatic carbocycles. The van der Waals surface area contributed by atoms with E-state index in [1.165, 1.54) is 6.07 Å². The third-order valence-corrected chi connectivity index (χ3v) is 3.16. The Labute approximate surface area is 108 Å². The first-order valence-electron chi connectivity index (χ1n) is 5.53. The molecule has 94 valence electrons. The van der Waals surface area contributed by atoms with Gasteiger partial charge in [0.05, 0.1) is 4.90 Å². The topological polar surface area (TPSA) is 24.9 Å². The first kappa shape index (κ1) is 12.8. The molecule has 2 nitrogen and oxygen atoms in total. The summed E-state index contributed by atoms with van der Waals surface area (Å²) >= 11 is 1.10. The lowest BCUT2D eigenvalue weighted by molar-refractivity contribution is 0.577. The third-order valence-electron chi connectivity index (χ3n) is 2.19. The number of rotatable bonds is 4. The van der Waals surface area contributed by atoms with Crippen molar-refractivity contribution in [2.45, 2.75) is 16.8 Å². The lowest BCUT2D eigenvalue weighted by Crippen LogP contribution is -1.99. The molecule has 0 spiro atoms. The van der Waals surface area contributed by atoms with Gasteiger partial charge in [-0.05, 0) is 37.3 Å². The predicted octanol–water partition coefficient (Wildman–Crippen LogP) is 3.94. The number of halogens is 2. The number of anilines is 1. The van der Waals surface area contributed by atoms with E-state index in [1.54, 1.807) is 6.07 Å². The zero-order valence-electron chi connectivity index (χ0n) is 9.78. The van der Waals surface area contributed by atoms with Crippen LogP contribution in [-0.4, -0.2) is 11.5 Å². The minimum absolute atomic E-state index is 0.233. The Morgan fingerprint density at radius 2 is 2.06 bits per heavy atom. The molecule has 0 bridgehead atoms. The third kappa shape index (κ3) is 3.20. The molecule has 0 amide bonds. The average Bonchev–Trinajstić information content (AvgIpc) is 2.35. The summed E-state index contributed by atoms with van der Waals surface area (Å²) in [5.74, 6) is -0.182. The van der Waals surface area contributed by atoms with Gasteiger partial charge in [-0.3, -0.25) is 0 Å². The van der Waals surface area contributed by atoms with Crippen LogP contribution in [0.4, 0.5) is 14.6 Å².